The van der Waals surface area contributed by atoms with Gasteiger partial charge < -0.3 is 14.0 Å². The summed E-state index contributed by atoms with van der Waals surface area (Å²) in [6.07, 6.45) is 1.86. The number of ether oxygens (including phenoxy) is 2. The smallest absolute Gasteiger partial charge is 0.191 e. The van der Waals surface area contributed by atoms with Crippen LogP contribution in [0.15, 0.2) is 188 Å². The van der Waals surface area contributed by atoms with Crippen molar-refractivity contribution < 1.29 is 9.47 Å². The minimum absolute atomic E-state index is 0.727. The summed E-state index contributed by atoms with van der Waals surface area (Å²) in [6, 6.07) is 63.8. The number of pyridine rings is 1. The Balaban J connectivity index is 1.16. The molecular formula is C49H34N4O2Si. The molecule has 6 nitrogen and oxygen atoms in total. The molecule has 266 valence electrons. The number of hydrogen-bond acceptors (Lipinski definition) is 4. The quantitative estimate of drug-likeness (QED) is 0.160. The minimum Gasteiger partial charge on any atom is -0.457 e. The molecule has 56 heavy (non-hydrogen) atoms. The first kappa shape index (κ1) is 32.2. The first-order chi connectivity index (χ1) is 27.7. The molecular weight excluding hydrogens is 705 g/mol. The zero-order valence-electron chi connectivity index (χ0n) is 30.5. The molecule has 4 heterocycles. The van der Waals surface area contributed by atoms with E-state index in [4.69, 9.17) is 19.4 Å². The van der Waals surface area contributed by atoms with E-state index in [1.54, 1.807) is 0 Å². The summed E-state index contributed by atoms with van der Waals surface area (Å²) < 4.78 is 18.1. The van der Waals surface area contributed by atoms with Gasteiger partial charge in [-0.05, 0) is 82.3 Å². The van der Waals surface area contributed by atoms with Gasteiger partial charge in [0.15, 0.2) is 8.07 Å². The van der Waals surface area contributed by atoms with Gasteiger partial charge in [0.25, 0.3) is 0 Å². The number of nitrogens with zero attached hydrogens (tertiary/aromatic N) is 4. The van der Waals surface area contributed by atoms with Crippen LogP contribution in [0, 0.1) is 0 Å². The van der Waals surface area contributed by atoms with Crippen molar-refractivity contribution in [1.29, 1.82) is 0 Å². The fourth-order valence-corrected chi connectivity index (χ4v) is 13.9. The maximum Gasteiger partial charge on any atom is 0.191 e. The first-order valence-corrected chi connectivity index (χ1v) is 20.8. The van der Waals surface area contributed by atoms with Crippen LogP contribution in [-0.4, -0.2) is 27.2 Å². The summed E-state index contributed by atoms with van der Waals surface area (Å²) >= 11 is 0. The fourth-order valence-electron chi connectivity index (χ4n) is 8.80. The molecule has 10 aromatic rings. The molecule has 0 bridgehead atoms. The highest BCUT2D eigenvalue weighted by molar-refractivity contribution is 7.21. The summed E-state index contributed by atoms with van der Waals surface area (Å²) in [4.78, 5) is 9.92. The van der Waals surface area contributed by atoms with E-state index in [-0.39, 0.29) is 0 Å². The molecule has 0 aliphatic carbocycles. The number of imidazole rings is 1. The zero-order valence-corrected chi connectivity index (χ0v) is 31.5. The predicted octanol–water partition coefficient (Wildman–Crippen LogP) is 9.01. The van der Waals surface area contributed by atoms with Gasteiger partial charge in [-0.25, -0.2) is 9.97 Å². The number of fused-ring (bicyclic) bond motifs is 7. The van der Waals surface area contributed by atoms with Crippen molar-refractivity contribution in [3.05, 3.63) is 188 Å². The van der Waals surface area contributed by atoms with Gasteiger partial charge in [0.1, 0.15) is 34.6 Å². The third-order valence-electron chi connectivity index (χ3n) is 11.2. The topological polar surface area (TPSA) is 54.1 Å². The van der Waals surface area contributed by atoms with Gasteiger partial charge in [0, 0.05) is 40.8 Å². The van der Waals surface area contributed by atoms with Crippen molar-refractivity contribution in [3.8, 4) is 40.2 Å². The Morgan fingerprint density at radius 3 is 2.07 bits per heavy atom. The lowest BCUT2D eigenvalue weighted by Crippen LogP contribution is -2.76. The van der Waals surface area contributed by atoms with Gasteiger partial charge in [-0.3, -0.25) is 4.57 Å². The molecule has 0 radical (unpaired) electrons. The molecule has 0 saturated heterocycles. The third kappa shape index (κ3) is 4.81. The maximum absolute atomic E-state index is 6.92. The molecule has 0 atom stereocenters. The Morgan fingerprint density at radius 2 is 1.29 bits per heavy atom. The number of hydrogen-bond donors (Lipinski definition) is 0. The second-order valence-corrected chi connectivity index (χ2v) is 17.9. The van der Waals surface area contributed by atoms with Crippen LogP contribution >= 0.6 is 0 Å². The predicted molar refractivity (Wildman–Crippen MR) is 228 cm³/mol. The molecule has 0 N–H and O–H groups in total. The average molecular weight is 739 g/mol. The molecule has 11 rings (SSSR count). The maximum atomic E-state index is 6.92. The summed E-state index contributed by atoms with van der Waals surface area (Å²) in [5.41, 5.74) is 5.13. The van der Waals surface area contributed by atoms with Crippen molar-refractivity contribution >= 4 is 61.7 Å². The molecule has 1 aliphatic rings. The molecule has 0 spiro atoms. The van der Waals surface area contributed by atoms with E-state index in [0.29, 0.717) is 0 Å². The lowest BCUT2D eigenvalue weighted by atomic mass is 10.1. The van der Waals surface area contributed by atoms with E-state index in [1.165, 1.54) is 20.7 Å². The van der Waals surface area contributed by atoms with Crippen LogP contribution in [0.5, 0.6) is 23.0 Å². The van der Waals surface area contributed by atoms with E-state index < -0.39 is 8.07 Å². The Bertz CT molecular complexity index is 3060. The molecule has 0 fully saturated rings. The number of aromatic nitrogens is 4. The van der Waals surface area contributed by atoms with Crippen molar-refractivity contribution in [3.63, 3.8) is 0 Å². The average Bonchev–Trinajstić information content (AvgIpc) is 3.78. The zero-order chi connectivity index (χ0) is 37.2. The first-order valence-electron chi connectivity index (χ1n) is 18.8. The molecule has 0 saturated carbocycles. The van der Waals surface area contributed by atoms with Crippen LogP contribution in [0.3, 0.4) is 0 Å². The lowest BCUT2D eigenvalue weighted by Gasteiger charge is -2.40. The Hall–Kier alpha value is -7.22. The highest BCUT2D eigenvalue weighted by atomic mass is 28.3. The number of rotatable bonds is 6. The van der Waals surface area contributed by atoms with Crippen LogP contribution in [0.1, 0.15) is 0 Å². The van der Waals surface area contributed by atoms with Gasteiger partial charge in [0.2, 0.25) is 0 Å². The van der Waals surface area contributed by atoms with Crippen LogP contribution in [-0.2, 0) is 7.05 Å². The van der Waals surface area contributed by atoms with Crippen molar-refractivity contribution in [2.75, 3.05) is 0 Å². The van der Waals surface area contributed by atoms with Crippen molar-refractivity contribution in [2.45, 2.75) is 0 Å². The highest BCUT2D eigenvalue weighted by Crippen LogP contribution is 2.40. The van der Waals surface area contributed by atoms with Crippen LogP contribution in [0.2, 0.25) is 0 Å². The third-order valence-corrected chi connectivity index (χ3v) is 16.0. The van der Waals surface area contributed by atoms with Crippen molar-refractivity contribution in [1.82, 2.24) is 19.1 Å². The normalized spacial score (nSPS) is 13.0. The van der Waals surface area contributed by atoms with E-state index >= 15 is 0 Å². The lowest BCUT2D eigenvalue weighted by molar-refractivity contribution is 0.483. The molecule has 1 aliphatic heterocycles. The SMILES string of the molecule is Cn1c(-c2cccc(Oc3ccc4c5ccc6c(c5n(-c5ccccn5)c4c3)[Si](c3ccccc3)(c3ccccc3)c3ccccc3O6)c2)nc2ccccc21. The molecule has 3 aromatic heterocycles. The Kier molecular flexibility index (Phi) is 7.30. The van der Waals surface area contributed by atoms with E-state index in [0.717, 1.165) is 73.0 Å². The van der Waals surface area contributed by atoms with E-state index in [1.807, 2.05) is 48.7 Å². The van der Waals surface area contributed by atoms with Crippen LogP contribution in [0.25, 0.3) is 50.0 Å². The van der Waals surface area contributed by atoms with Crippen LogP contribution in [0.4, 0.5) is 0 Å². The summed E-state index contributed by atoms with van der Waals surface area (Å²) in [5, 5.41) is 7.24. The fraction of sp³-hybridized carbons (Fsp3) is 0.0204. The summed E-state index contributed by atoms with van der Waals surface area (Å²) in [5.74, 6) is 4.94. The summed E-state index contributed by atoms with van der Waals surface area (Å²) in [6.45, 7) is 0. The Morgan fingerprint density at radius 1 is 0.571 bits per heavy atom. The van der Waals surface area contributed by atoms with Gasteiger partial charge in [-0.15, -0.1) is 0 Å². The van der Waals surface area contributed by atoms with Crippen molar-refractivity contribution in [2.24, 2.45) is 7.05 Å². The van der Waals surface area contributed by atoms with Gasteiger partial charge >= 0.3 is 0 Å². The number of para-hydroxylation sites is 3. The van der Waals surface area contributed by atoms with Crippen LogP contribution < -0.4 is 30.2 Å². The van der Waals surface area contributed by atoms with Gasteiger partial charge in [-0.2, -0.15) is 0 Å². The molecule has 0 amide bonds. The van der Waals surface area contributed by atoms with Gasteiger partial charge in [0.05, 0.1) is 22.1 Å². The Labute approximate surface area is 324 Å². The second-order valence-electron chi connectivity index (χ2n) is 14.2. The molecule has 7 aromatic carbocycles. The van der Waals surface area contributed by atoms with E-state index in [2.05, 4.69) is 156 Å². The second kappa shape index (κ2) is 12.7. The molecule has 0 unspecified atom stereocenters. The number of benzene rings is 7. The summed E-state index contributed by atoms with van der Waals surface area (Å²) in [7, 11) is -0.957. The van der Waals surface area contributed by atoms with E-state index in [9.17, 15) is 0 Å². The number of aryl methyl sites for hydroxylation is 1. The largest absolute Gasteiger partial charge is 0.457 e. The highest BCUT2D eigenvalue weighted by Gasteiger charge is 2.50. The standard InChI is InChI=1S/C49H34N4O2Si/c1-52-41-22-9-8-21-40(41)51-49(52)33-15-14-16-34(31-33)54-35-26-27-38-39-28-29-44-48(47(39)53(42(38)32-35)46-25-12-13-30-50-46)56(36-17-4-2-5-18-36,37-19-6-3-7-20-37)45-24-11-10-23-43(45)55-44/h2-32H,1H3. The minimum atomic E-state index is -3.01. The monoisotopic (exact) mass is 738 g/mol. The van der Waals surface area contributed by atoms with Gasteiger partial charge in [-0.1, -0.05) is 109 Å². The molecule has 7 heteroatoms.